The first-order valence-corrected chi connectivity index (χ1v) is 6.55. The summed E-state index contributed by atoms with van der Waals surface area (Å²) in [5.41, 5.74) is 0.217. The van der Waals surface area contributed by atoms with E-state index in [1.807, 2.05) is 0 Å². The van der Waals surface area contributed by atoms with E-state index >= 15 is 0 Å². The van der Waals surface area contributed by atoms with E-state index < -0.39 is 0 Å². The van der Waals surface area contributed by atoms with Gasteiger partial charge in [0.15, 0.2) is 0 Å². The number of ether oxygens (including phenoxy) is 1. The second-order valence-electron chi connectivity index (χ2n) is 6.13. The van der Waals surface area contributed by atoms with Crippen molar-refractivity contribution in [2.75, 3.05) is 7.11 Å². The molecule has 1 aromatic rings. The molecule has 1 heterocycles. The zero-order chi connectivity index (χ0) is 13.4. The number of hydrogen-bond acceptors (Lipinski definition) is 3. The van der Waals surface area contributed by atoms with Crippen LogP contribution in [0.2, 0.25) is 0 Å². The topological polar surface area (TPSA) is 55.0 Å². The number of nitrogens with one attached hydrogen (secondary N) is 1. The van der Waals surface area contributed by atoms with Crippen LogP contribution in [-0.4, -0.2) is 17.1 Å². The SMILES string of the molecule is COC1(c2nc(C(C)(C)C)cc(=O)[nH]2)CCCC1. The van der Waals surface area contributed by atoms with Crippen LogP contribution in [0, 0.1) is 0 Å². The minimum Gasteiger partial charge on any atom is -0.370 e. The molecule has 0 spiro atoms. The lowest BCUT2D eigenvalue weighted by molar-refractivity contribution is -0.0167. The molecule has 0 aliphatic heterocycles. The largest absolute Gasteiger partial charge is 0.370 e. The summed E-state index contributed by atoms with van der Waals surface area (Å²) in [5.74, 6) is 0.694. The number of hydrogen-bond donors (Lipinski definition) is 1. The Balaban J connectivity index is 2.51. The zero-order valence-electron chi connectivity index (χ0n) is 11.7. The highest BCUT2D eigenvalue weighted by Crippen LogP contribution is 2.39. The summed E-state index contributed by atoms with van der Waals surface area (Å²) in [5, 5.41) is 0. The van der Waals surface area contributed by atoms with Gasteiger partial charge in [-0.2, -0.15) is 0 Å². The molecule has 0 amide bonds. The molecule has 18 heavy (non-hydrogen) atoms. The normalized spacial score (nSPS) is 19.1. The Morgan fingerprint density at radius 3 is 2.44 bits per heavy atom. The standard InChI is InChI=1S/C14H22N2O2/c1-13(2,3)10-9-11(17)16-12(15-10)14(18-4)7-5-6-8-14/h9H,5-8H2,1-4H3,(H,15,16,17). The number of nitrogens with zero attached hydrogens (tertiary/aromatic N) is 1. The third kappa shape index (κ3) is 2.34. The Bertz CT molecular complexity index is 479. The molecule has 1 aromatic heterocycles. The molecule has 1 fully saturated rings. The van der Waals surface area contributed by atoms with Crippen molar-refractivity contribution < 1.29 is 4.74 Å². The Hall–Kier alpha value is -1.16. The van der Waals surface area contributed by atoms with Crippen LogP contribution in [-0.2, 0) is 15.8 Å². The molecule has 4 nitrogen and oxygen atoms in total. The lowest BCUT2D eigenvalue weighted by Gasteiger charge is -2.28. The molecule has 0 radical (unpaired) electrons. The minimum absolute atomic E-state index is 0.0896. The maximum atomic E-state index is 11.8. The first kappa shape index (κ1) is 13.3. The predicted octanol–water partition coefficient (Wildman–Crippen LogP) is 2.48. The molecule has 0 atom stereocenters. The lowest BCUT2D eigenvalue weighted by Crippen LogP contribution is -2.32. The smallest absolute Gasteiger partial charge is 0.251 e. The molecule has 2 rings (SSSR count). The summed E-state index contributed by atoms with van der Waals surface area (Å²) >= 11 is 0. The van der Waals surface area contributed by atoms with Crippen LogP contribution in [0.3, 0.4) is 0 Å². The summed E-state index contributed by atoms with van der Waals surface area (Å²) in [4.78, 5) is 19.3. The van der Waals surface area contributed by atoms with Crippen molar-refractivity contribution in [2.45, 2.75) is 57.5 Å². The molecule has 1 N–H and O–H groups in total. The van der Waals surface area contributed by atoms with Gasteiger partial charge in [-0.15, -0.1) is 0 Å². The first-order valence-electron chi connectivity index (χ1n) is 6.55. The monoisotopic (exact) mass is 250 g/mol. The molecule has 4 heteroatoms. The first-order chi connectivity index (χ1) is 8.37. The van der Waals surface area contributed by atoms with Crippen molar-refractivity contribution in [3.8, 4) is 0 Å². The van der Waals surface area contributed by atoms with Crippen molar-refractivity contribution in [1.82, 2.24) is 9.97 Å². The van der Waals surface area contributed by atoms with E-state index in [9.17, 15) is 4.79 Å². The second kappa shape index (κ2) is 4.50. The quantitative estimate of drug-likeness (QED) is 0.877. The summed E-state index contributed by atoms with van der Waals surface area (Å²) in [6.07, 6.45) is 4.11. The van der Waals surface area contributed by atoms with Crippen molar-refractivity contribution in [1.29, 1.82) is 0 Å². The van der Waals surface area contributed by atoms with E-state index in [-0.39, 0.29) is 16.6 Å². The van der Waals surface area contributed by atoms with Gasteiger partial charge in [0.1, 0.15) is 11.4 Å². The number of aromatic amines is 1. The highest BCUT2D eigenvalue weighted by molar-refractivity contribution is 5.16. The molecule has 0 saturated heterocycles. The maximum Gasteiger partial charge on any atom is 0.251 e. The molecule has 100 valence electrons. The van der Waals surface area contributed by atoms with Crippen molar-refractivity contribution in [3.05, 3.63) is 27.9 Å². The Labute approximate surface area is 108 Å². The number of H-pyrrole nitrogens is 1. The second-order valence-corrected chi connectivity index (χ2v) is 6.13. The van der Waals surface area contributed by atoms with Gasteiger partial charge < -0.3 is 9.72 Å². The predicted molar refractivity (Wildman–Crippen MR) is 70.7 cm³/mol. The molecule has 0 bridgehead atoms. The van der Waals surface area contributed by atoms with Gasteiger partial charge in [-0.1, -0.05) is 20.8 Å². The summed E-state index contributed by atoms with van der Waals surface area (Å²) in [6, 6.07) is 1.59. The van der Waals surface area contributed by atoms with Gasteiger partial charge in [0, 0.05) is 18.6 Å². The van der Waals surface area contributed by atoms with Crippen molar-refractivity contribution in [2.24, 2.45) is 0 Å². The highest BCUT2D eigenvalue weighted by atomic mass is 16.5. The lowest BCUT2D eigenvalue weighted by atomic mass is 9.91. The molecular formula is C14H22N2O2. The fourth-order valence-electron chi connectivity index (χ4n) is 2.54. The third-order valence-corrected chi connectivity index (χ3v) is 3.74. The molecule has 1 saturated carbocycles. The van der Waals surface area contributed by atoms with Gasteiger partial charge in [0.05, 0.1) is 5.69 Å². The van der Waals surface area contributed by atoms with Crippen LogP contribution >= 0.6 is 0 Å². The fraction of sp³-hybridized carbons (Fsp3) is 0.714. The molecule has 0 aromatic carbocycles. The van der Waals surface area contributed by atoms with Gasteiger partial charge in [0.25, 0.3) is 5.56 Å². The van der Waals surface area contributed by atoms with E-state index in [1.54, 1.807) is 13.2 Å². The molecule has 1 aliphatic rings. The van der Waals surface area contributed by atoms with Gasteiger partial charge in [-0.25, -0.2) is 4.98 Å². The van der Waals surface area contributed by atoms with Crippen molar-refractivity contribution in [3.63, 3.8) is 0 Å². The fourth-order valence-corrected chi connectivity index (χ4v) is 2.54. The number of methoxy groups -OCH3 is 1. The van der Waals surface area contributed by atoms with Crippen LogP contribution in [0.25, 0.3) is 0 Å². The zero-order valence-corrected chi connectivity index (χ0v) is 11.7. The summed E-state index contributed by atoms with van der Waals surface area (Å²) < 4.78 is 5.67. The number of aromatic nitrogens is 2. The van der Waals surface area contributed by atoms with E-state index in [1.165, 1.54) is 0 Å². The van der Waals surface area contributed by atoms with Gasteiger partial charge >= 0.3 is 0 Å². The van der Waals surface area contributed by atoms with Crippen LogP contribution in [0.5, 0.6) is 0 Å². The highest BCUT2D eigenvalue weighted by Gasteiger charge is 2.38. The van der Waals surface area contributed by atoms with Gasteiger partial charge in [-0.3, -0.25) is 4.79 Å². The molecular weight excluding hydrogens is 228 g/mol. The van der Waals surface area contributed by atoms with Crippen LogP contribution in [0.15, 0.2) is 10.9 Å². The Morgan fingerprint density at radius 1 is 1.33 bits per heavy atom. The maximum absolute atomic E-state index is 11.8. The van der Waals surface area contributed by atoms with Crippen LogP contribution in [0.1, 0.15) is 58.0 Å². The van der Waals surface area contributed by atoms with Crippen LogP contribution < -0.4 is 5.56 Å². The Morgan fingerprint density at radius 2 is 1.94 bits per heavy atom. The molecule has 1 aliphatic carbocycles. The summed E-state index contributed by atoms with van der Waals surface area (Å²) in [7, 11) is 1.70. The number of rotatable bonds is 2. The van der Waals surface area contributed by atoms with Crippen molar-refractivity contribution >= 4 is 0 Å². The van der Waals surface area contributed by atoms with Gasteiger partial charge in [-0.05, 0) is 25.7 Å². The van der Waals surface area contributed by atoms with E-state index in [0.717, 1.165) is 31.4 Å². The van der Waals surface area contributed by atoms with E-state index in [2.05, 4.69) is 30.7 Å². The van der Waals surface area contributed by atoms with Crippen LogP contribution in [0.4, 0.5) is 0 Å². The Kier molecular flexibility index (Phi) is 3.32. The third-order valence-electron chi connectivity index (χ3n) is 3.74. The molecule has 0 unspecified atom stereocenters. The average molecular weight is 250 g/mol. The average Bonchev–Trinajstić information content (AvgIpc) is 2.76. The summed E-state index contributed by atoms with van der Waals surface area (Å²) in [6.45, 7) is 6.19. The van der Waals surface area contributed by atoms with Gasteiger partial charge in [0.2, 0.25) is 0 Å². The van der Waals surface area contributed by atoms with E-state index in [0.29, 0.717) is 5.82 Å². The van der Waals surface area contributed by atoms with E-state index in [4.69, 9.17) is 4.74 Å². The minimum atomic E-state index is -0.388.